The monoisotopic (exact) mass is 249 g/mol. The van der Waals surface area contributed by atoms with Crippen molar-refractivity contribution in [2.24, 2.45) is 17.6 Å². The molecular weight excluding hydrogens is 225 g/mol. The highest BCUT2D eigenvalue weighted by molar-refractivity contribution is 5.27. The normalized spacial score (nSPS) is 27.8. The molecule has 2 heteroatoms. The second-order valence-corrected chi connectivity index (χ2v) is 5.84. The van der Waals surface area contributed by atoms with E-state index in [0.29, 0.717) is 17.4 Å². The molecule has 0 amide bonds. The minimum atomic E-state index is -0.500. The SMILES string of the molecule is CCC(N)(c1ccccc1F)C1CCCC(C)C1. The minimum absolute atomic E-state index is 0.153. The third-order valence-electron chi connectivity index (χ3n) is 4.63. The molecule has 100 valence electrons. The van der Waals surface area contributed by atoms with Gasteiger partial charge in [0.05, 0.1) is 0 Å². The lowest BCUT2D eigenvalue weighted by Gasteiger charge is -2.41. The summed E-state index contributed by atoms with van der Waals surface area (Å²) in [5.74, 6) is 0.966. The van der Waals surface area contributed by atoms with Gasteiger partial charge in [0, 0.05) is 11.1 Å². The van der Waals surface area contributed by atoms with E-state index in [-0.39, 0.29) is 5.82 Å². The average molecular weight is 249 g/mol. The number of hydrogen-bond acceptors (Lipinski definition) is 1. The van der Waals surface area contributed by atoms with Gasteiger partial charge in [-0.25, -0.2) is 4.39 Å². The van der Waals surface area contributed by atoms with Gasteiger partial charge in [0.25, 0.3) is 0 Å². The molecule has 0 aromatic heterocycles. The molecule has 1 saturated carbocycles. The maximum absolute atomic E-state index is 14.0. The topological polar surface area (TPSA) is 26.0 Å². The molecule has 0 radical (unpaired) electrons. The molecule has 0 bridgehead atoms. The molecule has 2 N–H and O–H groups in total. The Bertz CT molecular complexity index is 404. The van der Waals surface area contributed by atoms with Crippen molar-refractivity contribution in [2.75, 3.05) is 0 Å². The molecule has 3 atom stereocenters. The van der Waals surface area contributed by atoms with Gasteiger partial charge in [-0.3, -0.25) is 0 Å². The summed E-state index contributed by atoms with van der Waals surface area (Å²) in [6.07, 6.45) is 5.56. The van der Waals surface area contributed by atoms with Crippen LogP contribution in [0.2, 0.25) is 0 Å². The lowest BCUT2D eigenvalue weighted by atomic mass is 9.68. The number of rotatable bonds is 3. The van der Waals surface area contributed by atoms with E-state index in [1.54, 1.807) is 6.07 Å². The molecule has 1 fully saturated rings. The van der Waals surface area contributed by atoms with Crippen LogP contribution >= 0.6 is 0 Å². The van der Waals surface area contributed by atoms with E-state index in [1.165, 1.54) is 18.9 Å². The highest BCUT2D eigenvalue weighted by Gasteiger charge is 2.38. The zero-order chi connectivity index (χ0) is 13.2. The first-order chi connectivity index (χ1) is 8.58. The zero-order valence-corrected chi connectivity index (χ0v) is 11.5. The van der Waals surface area contributed by atoms with E-state index in [4.69, 9.17) is 5.73 Å². The van der Waals surface area contributed by atoms with Crippen molar-refractivity contribution in [3.05, 3.63) is 35.6 Å². The van der Waals surface area contributed by atoms with Crippen LogP contribution < -0.4 is 5.73 Å². The van der Waals surface area contributed by atoms with Crippen molar-refractivity contribution in [3.8, 4) is 0 Å². The lowest BCUT2D eigenvalue weighted by Crippen LogP contribution is -2.46. The maximum Gasteiger partial charge on any atom is 0.128 e. The molecule has 0 spiro atoms. The highest BCUT2D eigenvalue weighted by Crippen LogP contribution is 2.42. The Hall–Kier alpha value is -0.890. The van der Waals surface area contributed by atoms with Crippen LogP contribution in [0.1, 0.15) is 51.5 Å². The third-order valence-corrected chi connectivity index (χ3v) is 4.63. The Morgan fingerprint density at radius 3 is 2.67 bits per heavy atom. The number of hydrogen-bond donors (Lipinski definition) is 1. The Kier molecular flexibility index (Phi) is 4.06. The smallest absolute Gasteiger partial charge is 0.128 e. The Labute approximate surface area is 110 Å². The zero-order valence-electron chi connectivity index (χ0n) is 11.5. The van der Waals surface area contributed by atoms with Gasteiger partial charge in [0.15, 0.2) is 0 Å². The van der Waals surface area contributed by atoms with E-state index >= 15 is 0 Å². The predicted octanol–water partition coefficient (Wildman–Crippen LogP) is 4.22. The van der Waals surface area contributed by atoms with Gasteiger partial charge in [0.2, 0.25) is 0 Å². The highest BCUT2D eigenvalue weighted by atomic mass is 19.1. The van der Waals surface area contributed by atoms with Gasteiger partial charge >= 0.3 is 0 Å². The first kappa shape index (κ1) is 13.5. The molecule has 3 unspecified atom stereocenters. The molecule has 18 heavy (non-hydrogen) atoms. The van der Waals surface area contributed by atoms with Crippen molar-refractivity contribution in [1.82, 2.24) is 0 Å². The summed E-state index contributed by atoms with van der Waals surface area (Å²) in [6.45, 7) is 4.36. The van der Waals surface area contributed by atoms with Crippen molar-refractivity contribution in [3.63, 3.8) is 0 Å². The number of benzene rings is 1. The van der Waals surface area contributed by atoms with E-state index in [0.717, 1.165) is 19.3 Å². The summed E-state index contributed by atoms with van der Waals surface area (Å²) >= 11 is 0. The van der Waals surface area contributed by atoms with Crippen LogP contribution in [-0.2, 0) is 5.54 Å². The molecular formula is C16H24FN. The van der Waals surface area contributed by atoms with E-state index in [9.17, 15) is 4.39 Å². The third kappa shape index (κ3) is 2.44. The van der Waals surface area contributed by atoms with Crippen molar-refractivity contribution < 1.29 is 4.39 Å². The van der Waals surface area contributed by atoms with Crippen LogP contribution in [0.15, 0.2) is 24.3 Å². The first-order valence-electron chi connectivity index (χ1n) is 7.11. The molecule has 1 aromatic rings. The molecule has 0 aliphatic heterocycles. The van der Waals surface area contributed by atoms with Gasteiger partial charge in [-0.15, -0.1) is 0 Å². The molecule has 2 rings (SSSR count). The fourth-order valence-electron chi connectivity index (χ4n) is 3.44. The van der Waals surface area contributed by atoms with Gasteiger partial charge in [-0.05, 0) is 37.2 Å². The largest absolute Gasteiger partial charge is 0.321 e. The van der Waals surface area contributed by atoms with Gasteiger partial charge in [-0.1, -0.05) is 44.9 Å². The average Bonchev–Trinajstić information content (AvgIpc) is 2.38. The molecule has 1 aliphatic carbocycles. The van der Waals surface area contributed by atoms with Crippen LogP contribution in [0.3, 0.4) is 0 Å². The quantitative estimate of drug-likeness (QED) is 0.853. The lowest BCUT2D eigenvalue weighted by molar-refractivity contribution is 0.162. The van der Waals surface area contributed by atoms with Gasteiger partial charge in [0.1, 0.15) is 5.82 Å². The van der Waals surface area contributed by atoms with Gasteiger partial charge in [-0.2, -0.15) is 0 Å². The predicted molar refractivity (Wildman–Crippen MR) is 73.7 cm³/mol. The first-order valence-corrected chi connectivity index (χ1v) is 7.11. The molecule has 0 heterocycles. The fourth-order valence-corrected chi connectivity index (χ4v) is 3.44. The van der Waals surface area contributed by atoms with Gasteiger partial charge < -0.3 is 5.73 Å². The Balaban J connectivity index is 2.32. The summed E-state index contributed by atoms with van der Waals surface area (Å²) in [5, 5.41) is 0. The number of nitrogens with two attached hydrogens (primary N) is 1. The number of halogens is 1. The van der Waals surface area contributed by atoms with Crippen LogP contribution in [0.4, 0.5) is 4.39 Å². The molecule has 0 saturated heterocycles. The molecule has 1 aromatic carbocycles. The van der Waals surface area contributed by atoms with E-state index in [1.807, 2.05) is 12.1 Å². The minimum Gasteiger partial charge on any atom is -0.321 e. The summed E-state index contributed by atoms with van der Waals surface area (Å²) in [4.78, 5) is 0. The summed E-state index contributed by atoms with van der Waals surface area (Å²) in [7, 11) is 0. The molecule has 1 aliphatic rings. The van der Waals surface area contributed by atoms with E-state index < -0.39 is 5.54 Å². The van der Waals surface area contributed by atoms with Crippen LogP contribution in [0.25, 0.3) is 0 Å². The summed E-state index contributed by atoms with van der Waals surface area (Å²) < 4.78 is 14.0. The van der Waals surface area contributed by atoms with Crippen molar-refractivity contribution in [1.29, 1.82) is 0 Å². The summed E-state index contributed by atoms with van der Waals surface area (Å²) in [5.41, 5.74) is 6.82. The summed E-state index contributed by atoms with van der Waals surface area (Å²) in [6, 6.07) is 7.01. The van der Waals surface area contributed by atoms with E-state index in [2.05, 4.69) is 13.8 Å². The molecule has 1 nitrogen and oxygen atoms in total. The van der Waals surface area contributed by atoms with Crippen LogP contribution in [0, 0.1) is 17.7 Å². The van der Waals surface area contributed by atoms with Crippen LogP contribution in [0.5, 0.6) is 0 Å². The van der Waals surface area contributed by atoms with Crippen molar-refractivity contribution >= 4 is 0 Å². The fraction of sp³-hybridized carbons (Fsp3) is 0.625. The standard InChI is InChI=1S/C16H24FN/c1-3-16(18,13-8-6-7-12(2)11-13)14-9-4-5-10-15(14)17/h4-5,9-10,12-13H,3,6-8,11,18H2,1-2H3. The second-order valence-electron chi connectivity index (χ2n) is 5.84. The maximum atomic E-state index is 14.0. The van der Waals surface area contributed by atoms with Crippen molar-refractivity contribution in [2.45, 2.75) is 51.5 Å². The van der Waals surface area contributed by atoms with Crippen LogP contribution in [-0.4, -0.2) is 0 Å². The Morgan fingerprint density at radius 1 is 1.33 bits per heavy atom. The Morgan fingerprint density at radius 2 is 2.06 bits per heavy atom. The second kappa shape index (κ2) is 5.40.